The fourth-order valence-corrected chi connectivity index (χ4v) is 6.84. The number of carbonyl (C=O) groups excluding carboxylic acids is 5. The number of hydrogen-bond acceptors (Lipinski definition) is 5. The maximum atomic E-state index is 13.1. The SMILES string of the molecule is C=C(C)NC(=O)c1ccccc1C(F)(F)F.CC(C)(NC(=O)c1ccccc1C(F)(F)F)NC(=O)c1ccccc1C(F)(F)F.CC(C)=O.C[C@@]1(NC(=O)c2ccccc2C(F)(F)F)C[C@@H]1c1ccc(Cl)cc1. The first-order chi connectivity index (χ1) is 33.5. The van der Waals surface area contributed by atoms with Crippen LogP contribution in [-0.4, -0.2) is 40.6 Å². The maximum absolute atomic E-state index is 13.1. The van der Waals surface area contributed by atoms with Crippen LogP contribution in [0.5, 0.6) is 0 Å². The molecule has 392 valence electrons. The van der Waals surface area contributed by atoms with Gasteiger partial charge in [-0.2, -0.15) is 52.7 Å². The van der Waals surface area contributed by atoms with Crippen LogP contribution >= 0.6 is 11.6 Å². The summed E-state index contributed by atoms with van der Waals surface area (Å²) in [6.45, 7) is 12.2. The van der Waals surface area contributed by atoms with Crippen molar-refractivity contribution >= 4 is 41.0 Å². The fraction of sp³-hybridized carbons (Fsp3) is 0.275. The molecule has 73 heavy (non-hydrogen) atoms. The highest BCUT2D eigenvalue weighted by Crippen LogP contribution is 2.51. The summed E-state index contributed by atoms with van der Waals surface area (Å²) < 4.78 is 155. The van der Waals surface area contributed by atoms with Gasteiger partial charge in [0.05, 0.1) is 44.5 Å². The number of allylic oxidation sites excluding steroid dienone is 1. The van der Waals surface area contributed by atoms with Gasteiger partial charge in [-0.1, -0.05) is 78.8 Å². The molecule has 4 N–H and O–H groups in total. The zero-order valence-electron chi connectivity index (χ0n) is 39.5. The maximum Gasteiger partial charge on any atom is 0.417 e. The summed E-state index contributed by atoms with van der Waals surface area (Å²) in [4.78, 5) is 57.9. The third-order valence-electron chi connectivity index (χ3n) is 10.00. The highest BCUT2D eigenvalue weighted by molar-refractivity contribution is 6.30. The first-order valence-electron chi connectivity index (χ1n) is 21.3. The van der Waals surface area contributed by atoms with E-state index < -0.39 is 98.5 Å². The molecule has 0 heterocycles. The van der Waals surface area contributed by atoms with E-state index in [4.69, 9.17) is 11.6 Å². The molecule has 1 fully saturated rings. The van der Waals surface area contributed by atoms with Gasteiger partial charge >= 0.3 is 24.7 Å². The fourth-order valence-electron chi connectivity index (χ4n) is 6.72. The first-order valence-corrected chi connectivity index (χ1v) is 21.7. The molecule has 0 radical (unpaired) electrons. The van der Waals surface area contributed by atoms with Crippen molar-refractivity contribution < 1.29 is 76.7 Å². The van der Waals surface area contributed by atoms with Crippen molar-refractivity contribution in [2.24, 2.45) is 0 Å². The third-order valence-corrected chi connectivity index (χ3v) is 10.2. The lowest BCUT2D eigenvalue weighted by Gasteiger charge is -2.29. The third kappa shape index (κ3) is 18.1. The standard InChI is InChI=1S/C19H16F6N2O2.C18H15ClF3NO.C11H10F3NO.C3H6O/c1-17(2,26-15(28)11-7-3-5-9-13(11)18(20,21)22)27-16(29)12-8-4-6-10-14(12)19(23,24)25;1-17(10-15(17)11-6-8-12(19)9-7-11)23-16(24)13-4-2-3-5-14(13)18(20,21)22;1-7(2)15-10(16)8-5-3-4-6-9(8)11(12,13)14;1-3(2)4/h3-10H,1-2H3,(H,26,28)(H,27,29);2-9,15H,10H2,1H3,(H,23,24);3-6H,1H2,2H3,(H,15,16);1-2H3/t;15-,17-;;/m.1../s1. The number of ketones is 1. The van der Waals surface area contributed by atoms with Crippen LogP contribution < -0.4 is 21.3 Å². The summed E-state index contributed by atoms with van der Waals surface area (Å²) in [5.41, 5.74) is -7.25. The predicted octanol–water partition coefficient (Wildman–Crippen LogP) is 13.2. The molecule has 1 aliphatic rings. The minimum atomic E-state index is -4.78. The molecule has 4 amide bonds. The summed E-state index contributed by atoms with van der Waals surface area (Å²) in [6.07, 6.45) is -18.0. The van der Waals surface area contributed by atoms with Crippen molar-refractivity contribution in [3.8, 4) is 0 Å². The number of benzene rings is 5. The largest absolute Gasteiger partial charge is 0.417 e. The zero-order valence-corrected chi connectivity index (χ0v) is 40.2. The Hall–Kier alpha value is -7.16. The van der Waals surface area contributed by atoms with Gasteiger partial charge in [-0.25, -0.2) is 0 Å². The van der Waals surface area contributed by atoms with Gasteiger partial charge in [-0.15, -0.1) is 0 Å². The van der Waals surface area contributed by atoms with Gasteiger partial charge in [0.25, 0.3) is 23.6 Å². The number of amides is 4. The summed E-state index contributed by atoms with van der Waals surface area (Å²) in [5.74, 6) is -3.57. The second kappa shape index (κ2) is 24.0. The second-order valence-electron chi connectivity index (χ2n) is 17.0. The number of Topliss-reactive ketones (excluding diaryl/α,β-unsaturated/α-hetero) is 1. The predicted molar refractivity (Wildman–Crippen MR) is 248 cm³/mol. The van der Waals surface area contributed by atoms with E-state index in [2.05, 4.69) is 27.8 Å². The van der Waals surface area contributed by atoms with Crippen molar-refractivity contribution in [3.05, 3.63) is 189 Å². The van der Waals surface area contributed by atoms with E-state index in [0.717, 1.165) is 60.2 Å². The Morgan fingerprint density at radius 2 is 0.795 bits per heavy atom. The zero-order chi connectivity index (χ0) is 55.5. The minimum Gasteiger partial charge on any atom is -0.346 e. The van der Waals surface area contributed by atoms with Crippen LogP contribution in [-0.2, 0) is 29.5 Å². The molecule has 0 saturated heterocycles. The Kier molecular flexibility index (Phi) is 19.8. The number of rotatable bonds is 9. The molecule has 2 atom stereocenters. The summed E-state index contributed by atoms with van der Waals surface area (Å²) in [6, 6.07) is 24.7. The Morgan fingerprint density at radius 3 is 1.10 bits per heavy atom. The lowest BCUT2D eigenvalue weighted by molar-refractivity contribution is -0.138. The molecular formula is C51H47ClF12N4O5. The number of halogens is 13. The lowest BCUT2D eigenvalue weighted by atomic mass is 10.0. The van der Waals surface area contributed by atoms with E-state index in [1.165, 1.54) is 77.1 Å². The van der Waals surface area contributed by atoms with Crippen LogP contribution in [0.4, 0.5) is 52.7 Å². The molecule has 1 aliphatic carbocycles. The van der Waals surface area contributed by atoms with Crippen molar-refractivity contribution in [1.82, 2.24) is 21.3 Å². The van der Waals surface area contributed by atoms with E-state index in [9.17, 15) is 76.7 Å². The summed E-state index contributed by atoms with van der Waals surface area (Å²) in [5, 5.41) is 9.99. The molecule has 0 aliphatic heterocycles. The van der Waals surface area contributed by atoms with E-state index in [-0.39, 0.29) is 17.3 Å². The molecule has 0 bridgehead atoms. The molecule has 0 spiro atoms. The highest BCUT2D eigenvalue weighted by atomic mass is 35.5. The van der Waals surface area contributed by atoms with E-state index in [0.29, 0.717) is 17.1 Å². The van der Waals surface area contributed by atoms with Crippen LogP contribution in [0.1, 0.15) is 123 Å². The number of nitrogens with one attached hydrogen (secondary N) is 4. The van der Waals surface area contributed by atoms with Gasteiger partial charge in [0.15, 0.2) is 0 Å². The Morgan fingerprint density at radius 1 is 0.507 bits per heavy atom. The molecule has 22 heteroatoms. The topological polar surface area (TPSA) is 133 Å². The molecule has 5 aromatic carbocycles. The van der Waals surface area contributed by atoms with Crippen LogP contribution in [0.25, 0.3) is 0 Å². The average Bonchev–Trinajstić information content (AvgIpc) is 3.94. The number of alkyl halides is 12. The van der Waals surface area contributed by atoms with Gasteiger partial charge < -0.3 is 26.1 Å². The van der Waals surface area contributed by atoms with Crippen molar-refractivity contribution in [1.29, 1.82) is 0 Å². The average molecular weight is 1060 g/mol. The normalized spacial score (nSPS) is 15.2. The van der Waals surface area contributed by atoms with Gasteiger partial charge in [-0.3, -0.25) is 19.2 Å². The van der Waals surface area contributed by atoms with Gasteiger partial charge in [0, 0.05) is 22.2 Å². The van der Waals surface area contributed by atoms with Gasteiger partial charge in [0.1, 0.15) is 11.4 Å². The summed E-state index contributed by atoms with van der Waals surface area (Å²) in [7, 11) is 0. The first kappa shape index (κ1) is 60.1. The summed E-state index contributed by atoms with van der Waals surface area (Å²) >= 11 is 5.86. The van der Waals surface area contributed by atoms with Crippen LogP contribution in [0, 0.1) is 0 Å². The number of hydrogen-bond donors (Lipinski definition) is 4. The van der Waals surface area contributed by atoms with Gasteiger partial charge in [-0.05, 0) is 114 Å². The smallest absolute Gasteiger partial charge is 0.346 e. The molecule has 6 rings (SSSR count). The van der Waals surface area contributed by atoms with Crippen LogP contribution in [0.2, 0.25) is 5.02 Å². The quantitative estimate of drug-likeness (QED) is 0.0862. The van der Waals surface area contributed by atoms with E-state index in [1.54, 1.807) is 12.1 Å². The lowest BCUT2D eigenvalue weighted by Crippen LogP contribution is -2.56. The van der Waals surface area contributed by atoms with Crippen molar-refractivity contribution in [2.45, 2.75) is 89.8 Å². The van der Waals surface area contributed by atoms with Crippen molar-refractivity contribution in [3.63, 3.8) is 0 Å². The molecule has 5 aromatic rings. The van der Waals surface area contributed by atoms with Crippen molar-refractivity contribution in [2.75, 3.05) is 0 Å². The van der Waals surface area contributed by atoms with E-state index >= 15 is 0 Å². The Balaban J connectivity index is 0.000000288. The molecule has 9 nitrogen and oxygen atoms in total. The van der Waals surface area contributed by atoms with Crippen LogP contribution in [0.15, 0.2) is 134 Å². The molecule has 0 aromatic heterocycles. The minimum absolute atomic E-state index is 0.0664. The Labute approximate surface area is 416 Å². The van der Waals surface area contributed by atoms with Crippen LogP contribution in [0.3, 0.4) is 0 Å². The monoisotopic (exact) mass is 1060 g/mol. The molecule has 0 unspecified atom stereocenters. The second-order valence-corrected chi connectivity index (χ2v) is 17.5. The highest BCUT2D eigenvalue weighted by Gasteiger charge is 2.52. The molecular weight excluding hydrogens is 1010 g/mol. The van der Waals surface area contributed by atoms with Gasteiger partial charge in [0.2, 0.25) is 0 Å². The van der Waals surface area contributed by atoms with E-state index in [1.807, 2.05) is 19.1 Å². The Bertz CT molecular complexity index is 2710. The number of carbonyl (C=O) groups is 5. The molecule has 1 saturated carbocycles.